The number of carbonyl (C=O) groups is 2. The SMILES string of the molecule is O=C(CCc1ccccc1Cl)NNC(=O)c1ccc(Br)s1. The van der Waals surface area contributed by atoms with Gasteiger partial charge in [0.05, 0.1) is 8.66 Å². The molecule has 2 aromatic rings. The zero-order valence-corrected chi connectivity index (χ0v) is 14.0. The Morgan fingerprint density at radius 2 is 1.90 bits per heavy atom. The van der Waals surface area contributed by atoms with Gasteiger partial charge in [0.15, 0.2) is 0 Å². The summed E-state index contributed by atoms with van der Waals surface area (Å²) in [5, 5.41) is 0.637. The van der Waals surface area contributed by atoms with E-state index in [1.807, 2.05) is 18.2 Å². The summed E-state index contributed by atoms with van der Waals surface area (Å²) < 4.78 is 0.859. The van der Waals surface area contributed by atoms with Gasteiger partial charge in [-0.15, -0.1) is 11.3 Å². The van der Waals surface area contributed by atoms with Gasteiger partial charge in [-0.05, 0) is 46.1 Å². The lowest BCUT2D eigenvalue weighted by atomic mass is 10.1. The molecule has 2 amide bonds. The summed E-state index contributed by atoms with van der Waals surface area (Å²) in [6, 6.07) is 10.8. The number of hydrazine groups is 1. The van der Waals surface area contributed by atoms with Crippen LogP contribution >= 0.6 is 38.9 Å². The molecule has 21 heavy (non-hydrogen) atoms. The van der Waals surface area contributed by atoms with E-state index in [4.69, 9.17) is 11.6 Å². The Morgan fingerprint density at radius 1 is 1.14 bits per heavy atom. The highest BCUT2D eigenvalue weighted by Crippen LogP contribution is 2.21. The van der Waals surface area contributed by atoms with Crippen LogP contribution in [0.2, 0.25) is 5.02 Å². The Kier molecular flexibility index (Phi) is 5.78. The van der Waals surface area contributed by atoms with Crippen LogP contribution in [-0.4, -0.2) is 11.8 Å². The molecule has 1 aromatic carbocycles. The Balaban J connectivity index is 1.78. The molecule has 1 aromatic heterocycles. The van der Waals surface area contributed by atoms with Crippen LogP contribution in [-0.2, 0) is 11.2 Å². The molecule has 0 radical (unpaired) electrons. The van der Waals surface area contributed by atoms with Crippen molar-refractivity contribution in [2.75, 3.05) is 0 Å². The summed E-state index contributed by atoms with van der Waals surface area (Å²) in [7, 11) is 0. The third kappa shape index (κ3) is 4.84. The van der Waals surface area contributed by atoms with Gasteiger partial charge in [0.25, 0.3) is 5.91 Å². The molecule has 0 atom stereocenters. The smallest absolute Gasteiger partial charge is 0.273 e. The maximum absolute atomic E-state index is 11.7. The van der Waals surface area contributed by atoms with Gasteiger partial charge in [0, 0.05) is 11.4 Å². The molecule has 0 saturated carbocycles. The van der Waals surface area contributed by atoms with E-state index in [2.05, 4.69) is 26.8 Å². The Bertz CT molecular complexity index is 660. The predicted molar refractivity (Wildman–Crippen MR) is 87.4 cm³/mol. The van der Waals surface area contributed by atoms with Crippen LogP contribution in [0.15, 0.2) is 40.2 Å². The van der Waals surface area contributed by atoms with Crippen LogP contribution < -0.4 is 10.9 Å². The van der Waals surface area contributed by atoms with Crippen molar-refractivity contribution in [3.63, 3.8) is 0 Å². The first-order chi connectivity index (χ1) is 10.1. The lowest BCUT2D eigenvalue weighted by Crippen LogP contribution is -2.41. The molecular weight excluding hydrogens is 376 g/mol. The highest BCUT2D eigenvalue weighted by Gasteiger charge is 2.10. The number of hydrogen-bond donors (Lipinski definition) is 2. The third-order valence-electron chi connectivity index (χ3n) is 2.69. The molecule has 4 nitrogen and oxygen atoms in total. The maximum atomic E-state index is 11.7. The minimum absolute atomic E-state index is 0.248. The van der Waals surface area contributed by atoms with E-state index >= 15 is 0 Å². The topological polar surface area (TPSA) is 58.2 Å². The van der Waals surface area contributed by atoms with Crippen molar-refractivity contribution in [3.05, 3.63) is 55.6 Å². The summed E-state index contributed by atoms with van der Waals surface area (Å²) in [5.41, 5.74) is 5.68. The van der Waals surface area contributed by atoms with E-state index < -0.39 is 0 Å². The fraction of sp³-hybridized carbons (Fsp3) is 0.143. The van der Waals surface area contributed by atoms with E-state index in [1.165, 1.54) is 11.3 Å². The van der Waals surface area contributed by atoms with E-state index in [1.54, 1.807) is 18.2 Å². The molecule has 1 heterocycles. The molecule has 0 aliphatic heterocycles. The number of carbonyl (C=O) groups excluding carboxylic acids is 2. The number of amides is 2. The molecule has 7 heteroatoms. The molecule has 0 aliphatic rings. The van der Waals surface area contributed by atoms with Crippen LogP contribution in [0.5, 0.6) is 0 Å². The van der Waals surface area contributed by atoms with Gasteiger partial charge in [-0.3, -0.25) is 20.4 Å². The highest BCUT2D eigenvalue weighted by molar-refractivity contribution is 9.11. The zero-order chi connectivity index (χ0) is 15.2. The largest absolute Gasteiger partial charge is 0.279 e. The van der Waals surface area contributed by atoms with E-state index in [0.29, 0.717) is 16.3 Å². The summed E-state index contributed by atoms with van der Waals surface area (Å²) in [6.07, 6.45) is 0.768. The molecule has 0 saturated heterocycles. The Labute approximate surface area is 139 Å². The molecular formula is C14H12BrClN2O2S. The quantitative estimate of drug-likeness (QED) is 0.788. The van der Waals surface area contributed by atoms with Crippen molar-refractivity contribution in [1.29, 1.82) is 0 Å². The van der Waals surface area contributed by atoms with Crippen LogP contribution in [0.25, 0.3) is 0 Å². The molecule has 110 valence electrons. The summed E-state index contributed by atoms with van der Waals surface area (Å²) in [5.74, 6) is -0.601. The molecule has 0 unspecified atom stereocenters. The maximum Gasteiger partial charge on any atom is 0.279 e. The normalized spacial score (nSPS) is 10.2. The lowest BCUT2D eigenvalue weighted by Gasteiger charge is -2.07. The van der Waals surface area contributed by atoms with Crippen molar-refractivity contribution >= 4 is 50.7 Å². The molecule has 2 N–H and O–H groups in total. The number of thiophene rings is 1. The minimum atomic E-state index is -0.336. The van der Waals surface area contributed by atoms with Crippen LogP contribution in [0, 0.1) is 0 Å². The number of nitrogens with one attached hydrogen (secondary N) is 2. The first kappa shape index (κ1) is 16.0. The molecule has 0 fully saturated rings. The number of rotatable bonds is 4. The molecule has 2 rings (SSSR count). The average molecular weight is 388 g/mol. The van der Waals surface area contributed by atoms with Gasteiger partial charge < -0.3 is 0 Å². The number of halogens is 2. The standard InChI is InChI=1S/C14H12BrClN2O2S/c15-12-7-6-11(21-12)14(20)18-17-13(19)8-5-9-3-1-2-4-10(9)16/h1-4,6-7H,5,8H2,(H,17,19)(H,18,20). The fourth-order valence-electron chi connectivity index (χ4n) is 1.64. The summed E-state index contributed by atoms with van der Waals surface area (Å²) >= 11 is 10.6. The second-order valence-electron chi connectivity index (χ2n) is 4.20. The number of benzene rings is 1. The van der Waals surface area contributed by atoms with Crippen LogP contribution in [0.1, 0.15) is 21.7 Å². The van der Waals surface area contributed by atoms with Crippen LogP contribution in [0.4, 0.5) is 0 Å². The van der Waals surface area contributed by atoms with Crippen molar-refractivity contribution in [2.24, 2.45) is 0 Å². The fourth-order valence-corrected chi connectivity index (χ4v) is 3.15. The van der Waals surface area contributed by atoms with E-state index in [0.717, 1.165) is 9.35 Å². The van der Waals surface area contributed by atoms with Gasteiger partial charge in [0.1, 0.15) is 0 Å². The average Bonchev–Trinajstić information content (AvgIpc) is 2.90. The second kappa shape index (κ2) is 7.59. The second-order valence-corrected chi connectivity index (χ2v) is 7.07. The van der Waals surface area contributed by atoms with Crippen LogP contribution in [0.3, 0.4) is 0 Å². The van der Waals surface area contributed by atoms with Gasteiger partial charge in [-0.2, -0.15) is 0 Å². The zero-order valence-electron chi connectivity index (χ0n) is 10.9. The summed E-state index contributed by atoms with van der Waals surface area (Å²) in [4.78, 5) is 23.9. The van der Waals surface area contributed by atoms with E-state index in [-0.39, 0.29) is 18.2 Å². The molecule has 0 bridgehead atoms. The first-order valence-electron chi connectivity index (χ1n) is 6.14. The van der Waals surface area contributed by atoms with Gasteiger partial charge in [-0.1, -0.05) is 29.8 Å². The van der Waals surface area contributed by atoms with Gasteiger partial charge in [-0.25, -0.2) is 0 Å². The lowest BCUT2D eigenvalue weighted by molar-refractivity contribution is -0.121. The van der Waals surface area contributed by atoms with Crippen molar-refractivity contribution in [1.82, 2.24) is 10.9 Å². The monoisotopic (exact) mass is 386 g/mol. The molecule has 0 spiro atoms. The number of aryl methyl sites for hydroxylation is 1. The van der Waals surface area contributed by atoms with E-state index in [9.17, 15) is 9.59 Å². The van der Waals surface area contributed by atoms with Crippen molar-refractivity contribution < 1.29 is 9.59 Å². The Morgan fingerprint density at radius 3 is 2.57 bits per heavy atom. The minimum Gasteiger partial charge on any atom is -0.273 e. The number of hydrogen-bond acceptors (Lipinski definition) is 3. The van der Waals surface area contributed by atoms with Gasteiger partial charge >= 0.3 is 0 Å². The Hall–Kier alpha value is -1.37. The highest BCUT2D eigenvalue weighted by atomic mass is 79.9. The predicted octanol–water partition coefficient (Wildman–Crippen LogP) is 3.56. The first-order valence-corrected chi connectivity index (χ1v) is 8.13. The van der Waals surface area contributed by atoms with Crippen molar-refractivity contribution in [3.8, 4) is 0 Å². The summed E-state index contributed by atoms with van der Waals surface area (Å²) in [6.45, 7) is 0. The van der Waals surface area contributed by atoms with Gasteiger partial charge in [0.2, 0.25) is 5.91 Å². The third-order valence-corrected chi connectivity index (χ3v) is 4.68. The van der Waals surface area contributed by atoms with Crippen molar-refractivity contribution in [2.45, 2.75) is 12.8 Å². The molecule has 0 aliphatic carbocycles.